The average molecular weight is 332 g/mol. The quantitative estimate of drug-likeness (QED) is 0.830. The molecule has 0 saturated carbocycles. The summed E-state index contributed by atoms with van der Waals surface area (Å²) in [5, 5.41) is 0. The number of benzene rings is 1. The van der Waals surface area contributed by atoms with Crippen LogP contribution in [0, 0.1) is 5.92 Å². The zero-order chi connectivity index (χ0) is 16.9. The number of likely N-dealkylation sites (N-methyl/N-ethyl adjacent to an activating group) is 1. The standard InChI is InChI=1S/C19H28N2O3/c1-3-20(13-19(22)21-10-8-15(2)9-11-21)12-16-14-23-17-6-4-5-7-18(17)24-16/h4-7,15-16H,3,8-14H2,1-2H3. The van der Waals surface area contributed by atoms with Gasteiger partial charge in [-0.15, -0.1) is 0 Å². The van der Waals surface area contributed by atoms with Crippen LogP contribution in [0.2, 0.25) is 0 Å². The Kier molecular flexibility index (Phi) is 5.61. The Morgan fingerprint density at radius 2 is 1.96 bits per heavy atom. The first-order valence-electron chi connectivity index (χ1n) is 9.04. The average Bonchev–Trinajstić information content (AvgIpc) is 2.61. The number of hydrogen-bond donors (Lipinski definition) is 0. The van der Waals surface area contributed by atoms with Crippen molar-refractivity contribution < 1.29 is 14.3 Å². The number of nitrogens with zero attached hydrogens (tertiary/aromatic N) is 2. The van der Waals surface area contributed by atoms with Gasteiger partial charge in [0.1, 0.15) is 12.7 Å². The van der Waals surface area contributed by atoms with Crippen molar-refractivity contribution in [1.82, 2.24) is 9.80 Å². The van der Waals surface area contributed by atoms with E-state index >= 15 is 0 Å². The lowest BCUT2D eigenvalue weighted by Gasteiger charge is -2.34. The molecular weight excluding hydrogens is 304 g/mol. The molecule has 2 aliphatic heterocycles. The summed E-state index contributed by atoms with van der Waals surface area (Å²) >= 11 is 0. The molecule has 0 radical (unpaired) electrons. The molecule has 0 bridgehead atoms. The van der Waals surface area contributed by atoms with Crippen LogP contribution in [0.5, 0.6) is 11.5 Å². The first-order valence-corrected chi connectivity index (χ1v) is 9.04. The second kappa shape index (κ2) is 7.88. The molecule has 0 aliphatic carbocycles. The van der Waals surface area contributed by atoms with Gasteiger partial charge in [0.2, 0.25) is 5.91 Å². The summed E-state index contributed by atoms with van der Waals surface area (Å²) in [7, 11) is 0. The number of amides is 1. The molecule has 2 heterocycles. The summed E-state index contributed by atoms with van der Waals surface area (Å²) in [5.74, 6) is 2.57. The normalized spacial score (nSPS) is 21.1. The monoisotopic (exact) mass is 332 g/mol. The molecule has 1 saturated heterocycles. The van der Waals surface area contributed by atoms with Crippen LogP contribution in [0.25, 0.3) is 0 Å². The van der Waals surface area contributed by atoms with Gasteiger partial charge in [0.05, 0.1) is 6.54 Å². The highest BCUT2D eigenvalue weighted by atomic mass is 16.6. The van der Waals surface area contributed by atoms with E-state index in [4.69, 9.17) is 9.47 Å². The maximum Gasteiger partial charge on any atom is 0.236 e. The Bertz CT molecular complexity index is 555. The minimum atomic E-state index is -0.0333. The fraction of sp³-hybridized carbons (Fsp3) is 0.632. The maximum atomic E-state index is 12.5. The molecule has 5 heteroatoms. The molecule has 0 N–H and O–H groups in total. The van der Waals surface area contributed by atoms with Crippen LogP contribution in [-0.4, -0.2) is 61.1 Å². The summed E-state index contributed by atoms with van der Waals surface area (Å²) < 4.78 is 11.8. The van der Waals surface area contributed by atoms with Gasteiger partial charge in [-0.2, -0.15) is 0 Å². The predicted molar refractivity (Wildman–Crippen MR) is 93.4 cm³/mol. The van der Waals surface area contributed by atoms with E-state index in [0.717, 1.165) is 49.9 Å². The third kappa shape index (κ3) is 4.20. The lowest BCUT2D eigenvalue weighted by molar-refractivity contribution is -0.134. The smallest absolute Gasteiger partial charge is 0.236 e. The third-order valence-corrected chi connectivity index (χ3v) is 4.97. The topological polar surface area (TPSA) is 42.0 Å². The number of piperidine rings is 1. The molecule has 1 unspecified atom stereocenters. The van der Waals surface area contributed by atoms with Crippen LogP contribution < -0.4 is 9.47 Å². The van der Waals surface area contributed by atoms with Crippen LogP contribution in [0.1, 0.15) is 26.7 Å². The van der Waals surface area contributed by atoms with Crippen molar-refractivity contribution >= 4 is 5.91 Å². The molecule has 24 heavy (non-hydrogen) atoms. The highest BCUT2D eigenvalue weighted by molar-refractivity contribution is 5.78. The van der Waals surface area contributed by atoms with Crippen LogP contribution in [0.4, 0.5) is 0 Å². The van der Waals surface area contributed by atoms with E-state index in [0.29, 0.717) is 19.7 Å². The molecule has 1 aromatic carbocycles. The van der Waals surface area contributed by atoms with Crippen LogP contribution in [0.3, 0.4) is 0 Å². The van der Waals surface area contributed by atoms with E-state index in [2.05, 4.69) is 18.7 Å². The van der Waals surface area contributed by atoms with Gasteiger partial charge in [0.15, 0.2) is 11.5 Å². The van der Waals surface area contributed by atoms with Crippen molar-refractivity contribution in [3.05, 3.63) is 24.3 Å². The van der Waals surface area contributed by atoms with Crippen molar-refractivity contribution in [1.29, 1.82) is 0 Å². The van der Waals surface area contributed by atoms with Gasteiger partial charge in [-0.3, -0.25) is 9.69 Å². The lowest BCUT2D eigenvalue weighted by atomic mass is 9.99. The zero-order valence-electron chi connectivity index (χ0n) is 14.7. The van der Waals surface area contributed by atoms with E-state index in [1.807, 2.05) is 29.2 Å². The number of fused-ring (bicyclic) bond motifs is 1. The number of para-hydroxylation sites is 2. The van der Waals surface area contributed by atoms with Crippen molar-refractivity contribution in [3.8, 4) is 11.5 Å². The first kappa shape index (κ1) is 17.1. The fourth-order valence-electron chi connectivity index (χ4n) is 3.30. The number of ether oxygens (including phenoxy) is 2. The molecular formula is C19H28N2O3. The fourth-order valence-corrected chi connectivity index (χ4v) is 3.30. The second-order valence-corrected chi connectivity index (χ2v) is 6.89. The van der Waals surface area contributed by atoms with E-state index in [1.54, 1.807) is 0 Å². The van der Waals surface area contributed by atoms with Gasteiger partial charge in [-0.25, -0.2) is 0 Å². The van der Waals surface area contributed by atoms with E-state index in [-0.39, 0.29) is 12.0 Å². The zero-order valence-corrected chi connectivity index (χ0v) is 14.7. The SMILES string of the molecule is CCN(CC(=O)N1CCC(C)CC1)CC1COc2ccccc2O1. The minimum absolute atomic E-state index is 0.0333. The second-order valence-electron chi connectivity index (χ2n) is 6.89. The Morgan fingerprint density at radius 3 is 2.67 bits per heavy atom. The van der Waals surface area contributed by atoms with Gasteiger partial charge in [-0.1, -0.05) is 26.0 Å². The van der Waals surface area contributed by atoms with Gasteiger partial charge in [0, 0.05) is 19.6 Å². The van der Waals surface area contributed by atoms with Crippen LogP contribution >= 0.6 is 0 Å². The summed E-state index contributed by atoms with van der Waals surface area (Å²) in [6, 6.07) is 7.74. The van der Waals surface area contributed by atoms with Crippen molar-refractivity contribution in [2.75, 3.05) is 39.3 Å². The summed E-state index contributed by atoms with van der Waals surface area (Å²) in [6.45, 7) is 8.68. The molecule has 1 amide bonds. The van der Waals surface area contributed by atoms with E-state index < -0.39 is 0 Å². The van der Waals surface area contributed by atoms with Crippen molar-refractivity contribution in [2.45, 2.75) is 32.8 Å². The maximum absolute atomic E-state index is 12.5. The summed E-state index contributed by atoms with van der Waals surface area (Å²) in [4.78, 5) is 16.7. The molecule has 1 atom stereocenters. The molecule has 2 aliphatic rings. The van der Waals surface area contributed by atoms with E-state index in [1.165, 1.54) is 0 Å². The van der Waals surface area contributed by atoms with Crippen LogP contribution in [-0.2, 0) is 4.79 Å². The van der Waals surface area contributed by atoms with E-state index in [9.17, 15) is 4.79 Å². The molecule has 3 rings (SSSR count). The highest BCUT2D eigenvalue weighted by Gasteiger charge is 2.26. The molecule has 0 aromatic heterocycles. The van der Waals surface area contributed by atoms with Crippen molar-refractivity contribution in [2.24, 2.45) is 5.92 Å². The number of carbonyl (C=O) groups excluding carboxylic acids is 1. The Morgan fingerprint density at radius 1 is 1.25 bits per heavy atom. The van der Waals surface area contributed by atoms with Gasteiger partial charge < -0.3 is 14.4 Å². The number of carbonyl (C=O) groups is 1. The largest absolute Gasteiger partial charge is 0.486 e. The van der Waals surface area contributed by atoms with Crippen LogP contribution in [0.15, 0.2) is 24.3 Å². The number of likely N-dealkylation sites (tertiary alicyclic amines) is 1. The Hall–Kier alpha value is -1.75. The lowest BCUT2D eigenvalue weighted by Crippen LogP contribution is -2.47. The predicted octanol–water partition coefficient (Wildman–Crippen LogP) is 2.41. The molecule has 132 valence electrons. The highest BCUT2D eigenvalue weighted by Crippen LogP contribution is 2.31. The summed E-state index contributed by atoms with van der Waals surface area (Å²) in [6.07, 6.45) is 2.21. The van der Waals surface area contributed by atoms with Gasteiger partial charge >= 0.3 is 0 Å². The molecule has 1 fully saturated rings. The third-order valence-electron chi connectivity index (χ3n) is 4.97. The number of rotatable bonds is 5. The molecule has 0 spiro atoms. The molecule has 5 nitrogen and oxygen atoms in total. The summed E-state index contributed by atoms with van der Waals surface area (Å²) in [5.41, 5.74) is 0. The minimum Gasteiger partial charge on any atom is -0.486 e. The Labute approximate surface area is 144 Å². The first-order chi connectivity index (χ1) is 11.7. The van der Waals surface area contributed by atoms with Gasteiger partial charge in [-0.05, 0) is 37.4 Å². The number of hydrogen-bond acceptors (Lipinski definition) is 4. The Balaban J connectivity index is 1.51. The van der Waals surface area contributed by atoms with Crippen molar-refractivity contribution in [3.63, 3.8) is 0 Å². The van der Waals surface area contributed by atoms with Gasteiger partial charge in [0.25, 0.3) is 0 Å². The molecule has 1 aromatic rings.